The topological polar surface area (TPSA) is 42.2 Å². The monoisotopic (exact) mass is 371 g/mol. The standard InChI is InChI=1S/C18H18BrN3O/c1-13-3-5-14(6-4-13)11-22(2)12-17-20-21-18(23-17)15-7-9-16(19)10-8-15/h3-10H,11-12H2,1-2H3. The molecule has 0 aliphatic rings. The van der Waals surface area contributed by atoms with Gasteiger partial charge in [0.1, 0.15) is 0 Å². The summed E-state index contributed by atoms with van der Waals surface area (Å²) in [6, 6.07) is 16.4. The van der Waals surface area contributed by atoms with Crippen molar-refractivity contribution in [1.82, 2.24) is 15.1 Å². The Labute approximate surface area is 144 Å². The van der Waals surface area contributed by atoms with Crippen molar-refractivity contribution in [2.24, 2.45) is 0 Å². The summed E-state index contributed by atoms with van der Waals surface area (Å²) >= 11 is 3.42. The number of hydrogen-bond donors (Lipinski definition) is 0. The van der Waals surface area contributed by atoms with Crippen molar-refractivity contribution < 1.29 is 4.42 Å². The number of aryl methyl sites for hydroxylation is 1. The van der Waals surface area contributed by atoms with Crippen LogP contribution < -0.4 is 0 Å². The molecule has 0 aliphatic carbocycles. The van der Waals surface area contributed by atoms with Crippen LogP contribution in [-0.4, -0.2) is 22.1 Å². The Morgan fingerprint density at radius 3 is 2.35 bits per heavy atom. The zero-order valence-corrected chi connectivity index (χ0v) is 14.7. The number of nitrogens with zero attached hydrogens (tertiary/aromatic N) is 3. The van der Waals surface area contributed by atoms with E-state index in [9.17, 15) is 0 Å². The van der Waals surface area contributed by atoms with Gasteiger partial charge in [-0.05, 0) is 43.8 Å². The average Bonchev–Trinajstić information content (AvgIpc) is 2.98. The van der Waals surface area contributed by atoms with Gasteiger partial charge in [-0.25, -0.2) is 0 Å². The molecule has 0 N–H and O–H groups in total. The highest BCUT2D eigenvalue weighted by Gasteiger charge is 2.11. The number of aromatic nitrogens is 2. The lowest BCUT2D eigenvalue weighted by Gasteiger charge is -2.14. The van der Waals surface area contributed by atoms with E-state index in [4.69, 9.17) is 4.42 Å². The largest absolute Gasteiger partial charge is 0.419 e. The van der Waals surface area contributed by atoms with Crippen LogP contribution in [0.4, 0.5) is 0 Å². The average molecular weight is 372 g/mol. The maximum atomic E-state index is 5.76. The first-order chi connectivity index (χ1) is 11.1. The van der Waals surface area contributed by atoms with Crippen LogP contribution in [0.1, 0.15) is 17.0 Å². The minimum atomic E-state index is 0.552. The quantitative estimate of drug-likeness (QED) is 0.664. The van der Waals surface area contributed by atoms with Gasteiger partial charge in [-0.1, -0.05) is 45.8 Å². The first kappa shape index (κ1) is 15.9. The number of benzene rings is 2. The molecule has 0 fully saturated rings. The van der Waals surface area contributed by atoms with E-state index in [1.165, 1.54) is 11.1 Å². The number of rotatable bonds is 5. The van der Waals surface area contributed by atoms with Gasteiger partial charge < -0.3 is 4.42 Å². The predicted molar refractivity (Wildman–Crippen MR) is 93.8 cm³/mol. The van der Waals surface area contributed by atoms with E-state index in [1.807, 2.05) is 31.3 Å². The molecule has 0 unspecified atom stereocenters. The number of hydrogen-bond acceptors (Lipinski definition) is 4. The molecular weight excluding hydrogens is 354 g/mol. The predicted octanol–water partition coefficient (Wildman–Crippen LogP) is 4.44. The fourth-order valence-electron chi connectivity index (χ4n) is 2.32. The molecule has 4 nitrogen and oxygen atoms in total. The van der Waals surface area contributed by atoms with Crippen LogP contribution >= 0.6 is 15.9 Å². The Balaban J connectivity index is 1.64. The number of halogens is 1. The molecule has 0 aliphatic heterocycles. The maximum absolute atomic E-state index is 5.76. The second kappa shape index (κ2) is 7.06. The van der Waals surface area contributed by atoms with Gasteiger partial charge >= 0.3 is 0 Å². The molecule has 23 heavy (non-hydrogen) atoms. The van der Waals surface area contributed by atoms with Crippen molar-refractivity contribution in [3.05, 3.63) is 70.0 Å². The highest BCUT2D eigenvalue weighted by atomic mass is 79.9. The molecule has 3 aromatic rings. The van der Waals surface area contributed by atoms with Gasteiger partial charge in [-0.15, -0.1) is 10.2 Å². The molecular formula is C18H18BrN3O. The minimum Gasteiger partial charge on any atom is -0.419 e. The summed E-state index contributed by atoms with van der Waals surface area (Å²) in [7, 11) is 2.04. The molecule has 3 rings (SSSR count). The van der Waals surface area contributed by atoms with Crippen molar-refractivity contribution >= 4 is 15.9 Å². The van der Waals surface area contributed by atoms with Gasteiger partial charge in [-0.2, -0.15) is 0 Å². The molecule has 1 aromatic heterocycles. The molecule has 0 bridgehead atoms. The third-order valence-electron chi connectivity index (χ3n) is 3.54. The second-order valence-electron chi connectivity index (χ2n) is 5.67. The van der Waals surface area contributed by atoms with Gasteiger partial charge in [0.25, 0.3) is 0 Å². The van der Waals surface area contributed by atoms with Crippen molar-refractivity contribution in [3.63, 3.8) is 0 Å². The molecule has 5 heteroatoms. The van der Waals surface area contributed by atoms with Crippen molar-refractivity contribution in [2.45, 2.75) is 20.0 Å². The molecule has 0 saturated heterocycles. The highest BCUT2D eigenvalue weighted by molar-refractivity contribution is 9.10. The van der Waals surface area contributed by atoms with Crippen LogP contribution in [-0.2, 0) is 13.1 Å². The van der Waals surface area contributed by atoms with E-state index in [1.54, 1.807) is 0 Å². The summed E-state index contributed by atoms with van der Waals surface area (Å²) < 4.78 is 6.78. The Hall–Kier alpha value is -1.98. The van der Waals surface area contributed by atoms with Gasteiger partial charge in [0, 0.05) is 16.6 Å². The van der Waals surface area contributed by atoms with Crippen molar-refractivity contribution in [3.8, 4) is 11.5 Å². The fourth-order valence-corrected chi connectivity index (χ4v) is 2.58. The maximum Gasteiger partial charge on any atom is 0.247 e. The second-order valence-corrected chi connectivity index (χ2v) is 6.58. The summed E-state index contributed by atoms with van der Waals surface area (Å²) in [6.45, 7) is 3.56. The minimum absolute atomic E-state index is 0.552. The first-order valence-electron chi connectivity index (χ1n) is 7.42. The van der Waals surface area contributed by atoms with E-state index in [0.717, 1.165) is 16.6 Å². The molecule has 118 valence electrons. The van der Waals surface area contributed by atoms with E-state index >= 15 is 0 Å². The fraction of sp³-hybridized carbons (Fsp3) is 0.222. The van der Waals surface area contributed by atoms with Crippen LogP contribution in [0.3, 0.4) is 0 Å². The molecule has 0 spiro atoms. The zero-order valence-electron chi connectivity index (χ0n) is 13.2. The van der Waals surface area contributed by atoms with Gasteiger partial charge in [0.05, 0.1) is 6.54 Å². The van der Waals surface area contributed by atoms with Crippen LogP contribution in [0.2, 0.25) is 0 Å². The van der Waals surface area contributed by atoms with E-state index in [2.05, 4.69) is 62.2 Å². The molecule has 1 heterocycles. The van der Waals surface area contributed by atoms with Gasteiger partial charge in [0.15, 0.2) is 0 Å². The van der Waals surface area contributed by atoms with E-state index in [-0.39, 0.29) is 0 Å². The lowest BCUT2D eigenvalue weighted by atomic mass is 10.1. The van der Waals surface area contributed by atoms with Crippen molar-refractivity contribution in [2.75, 3.05) is 7.05 Å². The molecule has 0 radical (unpaired) electrons. The van der Waals surface area contributed by atoms with Crippen LogP contribution in [0.5, 0.6) is 0 Å². The Morgan fingerprint density at radius 2 is 1.65 bits per heavy atom. The third kappa shape index (κ3) is 4.27. The summed E-state index contributed by atoms with van der Waals surface area (Å²) in [5.74, 6) is 1.17. The first-order valence-corrected chi connectivity index (χ1v) is 8.22. The lowest BCUT2D eigenvalue weighted by Crippen LogP contribution is -2.17. The Morgan fingerprint density at radius 1 is 0.957 bits per heavy atom. The van der Waals surface area contributed by atoms with Crippen LogP contribution in [0, 0.1) is 6.92 Å². The SMILES string of the molecule is Cc1ccc(CN(C)Cc2nnc(-c3ccc(Br)cc3)o2)cc1. The molecule has 0 saturated carbocycles. The lowest BCUT2D eigenvalue weighted by molar-refractivity contribution is 0.283. The summed E-state index contributed by atoms with van der Waals surface area (Å²) in [5, 5.41) is 8.27. The summed E-state index contributed by atoms with van der Waals surface area (Å²) in [5.41, 5.74) is 3.46. The van der Waals surface area contributed by atoms with E-state index < -0.39 is 0 Å². The Bertz CT molecular complexity index is 766. The van der Waals surface area contributed by atoms with Gasteiger partial charge in [0.2, 0.25) is 11.8 Å². The highest BCUT2D eigenvalue weighted by Crippen LogP contribution is 2.21. The Kier molecular flexibility index (Phi) is 4.88. The van der Waals surface area contributed by atoms with Gasteiger partial charge in [-0.3, -0.25) is 4.90 Å². The third-order valence-corrected chi connectivity index (χ3v) is 4.06. The zero-order chi connectivity index (χ0) is 16.2. The molecule has 2 aromatic carbocycles. The summed E-state index contributed by atoms with van der Waals surface area (Å²) in [4.78, 5) is 2.16. The van der Waals surface area contributed by atoms with Crippen LogP contribution in [0.15, 0.2) is 57.4 Å². The van der Waals surface area contributed by atoms with Crippen molar-refractivity contribution in [1.29, 1.82) is 0 Å². The van der Waals surface area contributed by atoms with Crippen LogP contribution in [0.25, 0.3) is 11.5 Å². The smallest absolute Gasteiger partial charge is 0.247 e. The van der Waals surface area contributed by atoms with E-state index in [0.29, 0.717) is 18.3 Å². The molecule has 0 amide bonds. The summed E-state index contributed by atoms with van der Waals surface area (Å²) in [6.07, 6.45) is 0. The molecule has 0 atom stereocenters. The normalized spacial score (nSPS) is 11.1.